The number of esters is 1. The quantitative estimate of drug-likeness (QED) is 0.179. The van der Waals surface area contributed by atoms with Crippen LogP contribution >= 0.6 is 0 Å². The first-order chi connectivity index (χ1) is 20.5. The molecule has 0 amide bonds. The van der Waals surface area contributed by atoms with Gasteiger partial charge in [-0.25, -0.2) is 14.4 Å². The minimum absolute atomic E-state index is 0.0428. The molecule has 212 valence electrons. The molecule has 0 radical (unpaired) electrons. The van der Waals surface area contributed by atoms with E-state index in [0.717, 1.165) is 35.0 Å². The van der Waals surface area contributed by atoms with Gasteiger partial charge in [-0.15, -0.1) is 0 Å². The van der Waals surface area contributed by atoms with Crippen molar-refractivity contribution in [2.45, 2.75) is 57.7 Å². The molecular weight excluding hydrogens is 531 g/mol. The van der Waals surface area contributed by atoms with Crippen LogP contribution in [0.2, 0.25) is 0 Å². The van der Waals surface area contributed by atoms with E-state index in [4.69, 9.17) is 4.74 Å². The molecule has 0 spiro atoms. The number of halogens is 1. The topological polar surface area (TPSA) is 98.6 Å². The van der Waals surface area contributed by atoms with E-state index in [-0.39, 0.29) is 18.6 Å². The van der Waals surface area contributed by atoms with Gasteiger partial charge in [0.1, 0.15) is 17.8 Å². The summed E-state index contributed by atoms with van der Waals surface area (Å²) in [6.45, 7) is 1.66. The fraction of sp³-hybridized carbons (Fsp3) is 0.303. The fourth-order valence-electron chi connectivity index (χ4n) is 5.94. The van der Waals surface area contributed by atoms with Gasteiger partial charge in [-0.3, -0.25) is 14.0 Å². The minimum Gasteiger partial charge on any atom is -0.443 e. The van der Waals surface area contributed by atoms with Gasteiger partial charge in [-0.05, 0) is 48.9 Å². The van der Waals surface area contributed by atoms with E-state index in [9.17, 15) is 14.4 Å². The van der Waals surface area contributed by atoms with Crippen molar-refractivity contribution < 1.29 is 13.9 Å². The molecule has 3 heterocycles. The minimum atomic E-state index is -0.650. The molecule has 0 saturated heterocycles. The van der Waals surface area contributed by atoms with Crippen molar-refractivity contribution in [3.05, 3.63) is 90.9 Å². The van der Waals surface area contributed by atoms with Gasteiger partial charge in [0.05, 0.1) is 36.3 Å². The summed E-state index contributed by atoms with van der Waals surface area (Å²) in [6, 6.07) is 18.4. The largest absolute Gasteiger partial charge is 0.443 e. The van der Waals surface area contributed by atoms with E-state index in [2.05, 4.69) is 21.1 Å². The maximum atomic E-state index is 14.9. The molecule has 2 aromatic carbocycles. The predicted octanol–water partition coefficient (Wildman–Crippen LogP) is 7.05. The molecule has 0 bridgehead atoms. The van der Waals surface area contributed by atoms with Gasteiger partial charge in [-0.1, -0.05) is 55.3 Å². The van der Waals surface area contributed by atoms with E-state index in [1.54, 1.807) is 36.0 Å². The number of ether oxygens (including phenoxy) is 1. The first-order valence-corrected chi connectivity index (χ1v) is 14.3. The average molecular weight is 563 g/mol. The van der Waals surface area contributed by atoms with Crippen molar-refractivity contribution in [2.75, 3.05) is 0 Å². The Morgan fingerprint density at radius 2 is 1.93 bits per heavy atom. The van der Waals surface area contributed by atoms with Crippen LogP contribution in [0.5, 0.6) is 0 Å². The maximum absolute atomic E-state index is 14.9. The Kier molecular flexibility index (Phi) is 7.78. The van der Waals surface area contributed by atoms with Gasteiger partial charge in [0.25, 0.3) is 0 Å². The second-order valence-corrected chi connectivity index (χ2v) is 10.8. The zero-order valence-electron chi connectivity index (χ0n) is 23.4. The SMILES string of the molecule is CC(C(=O)OCn1ccc2c(-c3cnn([C@H](CC#N)C4CCCC4)c3)ncnc21)c1ccc(-c2ccccc2)c(F)c1. The second-order valence-electron chi connectivity index (χ2n) is 10.8. The monoisotopic (exact) mass is 562 g/mol. The number of rotatable bonds is 9. The van der Waals surface area contributed by atoms with Gasteiger partial charge in [0.15, 0.2) is 6.73 Å². The Hall–Kier alpha value is -4.84. The van der Waals surface area contributed by atoms with Gasteiger partial charge < -0.3 is 4.74 Å². The number of nitriles is 1. The van der Waals surface area contributed by atoms with Gasteiger partial charge in [0.2, 0.25) is 0 Å². The molecule has 8 nitrogen and oxygen atoms in total. The third kappa shape index (κ3) is 5.40. The van der Waals surface area contributed by atoms with E-state index < -0.39 is 11.9 Å². The van der Waals surface area contributed by atoms with Crippen LogP contribution in [0.4, 0.5) is 4.39 Å². The van der Waals surface area contributed by atoms with Crippen LogP contribution in [-0.4, -0.2) is 30.3 Å². The Balaban J connectivity index is 1.16. The summed E-state index contributed by atoms with van der Waals surface area (Å²) in [7, 11) is 0. The first kappa shape index (κ1) is 27.3. The lowest BCUT2D eigenvalue weighted by atomic mass is 9.96. The molecule has 1 unspecified atom stereocenters. The van der Waals surface area contributed by atoms with Crippen LogP contribution in [0.25, 0.3) is 33.4 Å². The average Bonchev–Trinajstić information content (AvgIpc) is 3.80. The highest BCUT2D eigenvalue weighted by atomic mass is 19.1. The standard InChI is InChI=1S/C33H31FN6O2/c1-22(25-11-12-27(29(34)17-25)23-7-3-2-4-8-23)33(41)42-21-39-16-14-28-31(36-20-37-32(28)39)26-18-38-40(19-26)30(13-15-35)24-9-5-6-10-24/h2-4,7-8,11-12,14,16-20,22,24,30H,5-6,9-10,13,21H2,1H3/t22?,30-/m1/s1. The van der Waals surface area contributed by atoms with Crippen LogP contribution < -0.4 is 0 Å². The van der Waals surface area contributed by atoms with Gasteiger partial charge in [0, 0.05) is 28.9 Å². The molecule has 1 fully saturated rings. The van der Waals surface area contributed by atoms with Crippen LogP contribution in [0, 0.1) is 23.1 Å². The maximum Gasteiger partial charge on any atom is 0.314 e. The van der Waals surface area contributed by atoms with Crippen LogP contribution in [0.15, 0.2) is 79.5 Å². The third-order valence-corrected chi connectivity index (χ3v) is 8.29. The molecule has 0 N–H and O–H groups in total. The molecule has 5 aromatic rings. The number of hydrogen-bond acceptors (Lipinski definition) is 6. The molecular formula is C33H31FN6O2. The summed E-state index contributed by atoms with van der Waals surface area (Å²) in [6.07, 6.45) is 12.1. The second kappa shape index (κ2) is 12.0. The van der Waals surface area contributed by atoms with Crippen LogP contribution in [0.1, 0.15) is 56.6 Å². The Bertz CT molecular complexity index is 1750. The number of nitrogens with zero attached hydrogens (tertiary/aromatic N) is 6. The number of fused-ring (bicyclic) bond motifs is 1. The molecule has 2 atom stereocenters. The highest BCUT2D eigenvalue weighted by Gasteiger charge is 2.27. The molecule has 1 saturated carbocycles. The highest BCUT2D eigenvalue weighted by molar-refractivity contribution is 5.90. The molecule has 1 aliphatic rings. The summed E-state index contributed by atoms with van der Waals surface area (Å²) < 4.78 is 24.2. The lowest BCUT2D eigenvalue weighted by Crippen LogP contribution is -2.17. The van der Waals surface area contributed by atoms with Crippen molar-refractivity contribution >= 4 is 17.0 Å². The molecule has 9 heteroatoms. The zero-order valence-corrected chi connectivity index (χ0v) is 23.4. The molecule has 0 aliphatic heterocycles. The molecule has 6 rings (SSSR count). The number of aromatic nitrogens is 5. The van der Waals surface area contributed by atoms with Crippen molar-refractivity contribution in [1.82, 2.24) is 24.3 Å². The number of carbonyl (C=O) groups excluding carboxylic acids is 1. The smallest absolute Gasteiger partial charge is 0.314 e. The van der Waals surface area contributed by atoms with Crippen molar-refractivity contribution in [1.29, 1.82) is 5.26 Å². The fourth-order valence-corrected chi connectivity index (χ4v) is 5.94. The van der Waals surface area contributed by atoms with Gasteiger partial charge >= 0.3 is 5.97 Å². The summed E-state index contributed by atoms with van der Waals surface area (Å²) >= 11 is 0. The Labute approximate surface area is 243 Å². The predicted molar refractivity (Wildman–Crippen MR) is 156 cm³/mol. The van der Waals surface area contributed by atoms with Crippen molar-refractivity contribution in [2.24, 2.45) is 5.92 Å². The molecule has 1 aliphatic carbocycles. The molecule has 42 heavy (non-hydrogen) atoms. The summed E-state index contributed by atoms with van der Waals surface area (Å²) in [5.74, 6) is -1.04. The summed E-state index contributed by atoms with van der Waals surface area (Å²) in [4.78, 5) is 21.9. The first-order valence-electron chi connectivity index (χ1n) is 14.3. The lowest BCUT2D eigenvalue weighted by molar-refractivity contribution is -0.148. The number of benzene rings is 2. The van der Waals surface area contributed by atoms with E-state index in [1.165, 1.54) is 25.2 Å². The molecule has 3 aromatic heterocycles. The van der Waals surface area contributed by atoms with Crippen LogP contribution in [-0.2, 0) is 16.3 Å². The van der Waals surface area contributed by atoms with E-state index >= 15 is 0 Å². The number of carbonyl (C=O) groups is 1. The Morgan fingerprint density at radius 1 is 1.12 bits per heavy atom. The lowest BCUT2D eigenvalue weighted by Gasteiger charge is -2.21. The van der Waals surface area contributed by atoms with Gasteiger partial charge in [-0.2, -0.15) is 10.4 Å². The summed E-state index contributed by atoms with van der Waals surface area (Å²) in [5.41, 5.74) is 3.99. The van der Waals surface area contributed by atoms with Crippen molar-refractivity contribution in [3.63, 3.8) is 0 Å². The van der Waals surface area contributed by atoms with E-state index in [0.29, 0.717) is 29.1 Å². The van der Waals surface area contributed by atoms with Crippen molar-refractivity contribution in [3.8, 4) is 28.5 Å². The van der Waals surface area contributed by atoms with E-state index in [1.807, 2.05) is 47.3 Å². The highest BCUT2D eigenvalue weighted by Crippen LogP contribution is 2.37. The Morgan fingerprint density at radius 3 is 2.69 bits per heavy atom. The summed E-state index contributed by atoms with van der Waals surface area (Å²) in [5, 5.41) is 14.8. The number of hydrogen-bond donors (Lipinski definition) is 0. The third-order valence-electron chi connectivity index (χ3n) is 8.29. The zero-order chi connectivity index (χ0) is 29.1. The normalized spacial score (nSPS) is 15.0. The van der Waals surface area contributed by atoms with Crippen LogP contribution in [0.3, 0.4) is 0 Å².